The number of nitrogens with zero attached hydrogens (tertiary/aromatic N) is 1. The van der Waals surface area contributed by atoms with Crippen LogP contribution in [0.4, 0.5) is 11.4 Å². The van der Waals surface area contributed by atoms with Gasteiger partial charge in [-0.3, -0.25) is 19.7 Å². The van der Waals surface area contributed by atoms with Crippen molar-refractivity contribution in [3.63, 3.8) is 0 Å². The predicted octanol–water partition coefficient (Wildman–Crippen LogP) is 1.84. The third kappa shape index (κ3) is 4.32. The summed E-state index contributed by atoms with van der Waals surface area (Å²) in [7, 11) is 1.78. The van der Waals surface area contributed by atoms with Gasteiger partial charge in [0.25, 0.3) is 0 Å². The van der Waals surface area contributed by atoms with Gasteiger partial charge in [0.2, 0.25) is 11.8 Å². The van der Waals surface area contributed by atoms with Crippen LogP contribution < -0.4 is 15.5 Å². The van der Waals surface area contributed by atoms with Crippen molar-refractivity contribution in [2.75, 3.05) is 30.4 Å². The highest BCUT2D eigenvalue weighted by Gasteiger charge is 2.31. The van der Waals surface area contributed by atoms with Gasteiger partial charge < -0.3 is 20.7 Å². The molecule has 0 aromatic heterocycles. The van der Waals surface area contributed by atoms with Gasteiger partial charge in [0.05, 0.1) is 11.6 Å². The molecule has 28 heavy (non-hydrogen) atoms. The molecule has 2 aliphatic rings. The number of carbonyl (C=O) groups is 3. The lowest BCUT2D eigenvalue weighted by molar-refractivity contribution is -0.138. The Morgan fingerprint density at radius 2 is 2.00 bits per heavy atom. The van der Waals surface area contributed by atoms with Crippen molar-refractivity contribution in [2.24, 2.45) is 11.8 Å². The maximum atomic E-state index is 12.1. The zero-order valence-electron chi connectivity index (χ0n) is 16.0. The van der Waals surface area contributed by atoms with Crippen LogP contribution in [0.1, 0.15) is 37.7 Å². The molecule has 3 rings (SSSR count). The number of imide groups is 1. The second-order valence-electron chi connectivity index (χ2n) is 7.43. The van der Waals surface area contributed by atoms with Gasteiger partial charge in [0, 0.05) is 49.9 Å². The minimum atomic E-state index is -0.743. The molecule has 0 aliphatic carbocycles. The van der Waals surface area contributed by atoms with E-state index in [4.69, 9.17) is 10.5 Å². The highest BCUT2D eigenvalue weighted by Crippen LogP contribution is 2.30. The molecule has 0 saturated carbocycles. The van der Waals surface area contributed by atoms with Crippen molar-refractivity contribution in [2.45, 2.75) is 32.1 Å². The number of piperidine rings is 2. The Hall–Kier alpha value is -2.90. The third-order valence-corrected chi connectivity index (χ3v) is 5.59. The van der Waals surface area contributed by atoms with E-state index in [9.17, 15) is 14.4 Å². The highest BCUT2D eigenvalue weighted by atomic mass is 16.4. The van der Waals surface area contributed by atoms with Crippen molar-refractivity contribution in [3.8, 4) is 0 Å². The largest absolute Gasteiger partial charge is 0.481 e. The topological polar surface area (TPSA) is 123 Å². The molecule has 4 N–H and O–H groups in total. The Kier molecular flexibility index (Phi) is 5.96. The average molecular weight is 386 g/mol. The Labute approximate surface area is 163 Å². The number of carboxylic acids is 1. The lowest BCUT2D eigenvalue weighted by atomic mass is 9.88. The zero-order valence-corrected chi connectivity index (χ0v) is 16.0. The molecule has 8 heteroatoms. The summed E-state index contributed by atoms with van der Waals surface area (Å²) in [6, 6.07) is 5.75. The van der Waals surface area contributed by atoms with E-state index in [-0.39, 0.29) is 30.4 Å². The molecule has 0 unspecified atom stereocenters. The van der Waals surface area contributed by atoms with Gasteiger partial charge in [-0.2, -0.15) is 0 Å². The van der Waals surface area contributed by atoms with Gasteiger partial charge in [0.1, 0.15) is 0 Å². The molecule has 2 fully saturated rings. The molecule has 0 radical (unpaired) electrons. The van der Waals surface area contributed by atoms with Crippen LogP contribution in [0, 0.1) is 17.2 Å². The molecule has 0 spiro atoms. The summed E-state index contributed by atoms with van der Waals surface area (Å²) in [5.74, 6) is -1.84. The van der Waals surface area contributed by atoms with E-state index in [1.807, 2.05) is 18.2 Å². The van der Waals surface area contributed by atoms with Gasteiger partial charge in [0.15, 0.2) is 0 Å². The summed E-state index contributed by atoms with van der Waals surface area (Å²) in [4.78, 5) is 36.6. The first-order chi connectivity index (χ1) is 13.4. The van der Waals surface area contributed by atoms with Crippen molar-refractivity contribution in [3.05, 3.63) is 23.8 Å². The smallest absolute Gasteiger partial charge is 0.303 e. The van der Waals surface area contributed by atoms with Crippen molar-refractivity contribution < 1.29 is 19.5 Å². The molecule has 2 heterocycles. The molecule has 2 saturated heterocycles. The maximum absolute atomic E-state index is 12.1. The standard InChI is InChI=1S/C20H26N4O4/c1-22-16-11-13(24-8-6-12(7-9-24)10-18(26)27)2-3-14(16)19(21)15-4-5-17(25)23-20(15)28/h2-3,11-12,15,21-22H,4-10H2,1H3,(H,26,27)(H,23,25,28)/t15-/m0/s1. The number of nitrogens with one attached hydrogen (secondary N) is 3. The van der Waals surface area contributed by atoms with Crippen LogP contribution in [0.15, 0.2) is 18.2 Å². The number of benzene rings is 1. The predicted molar refractivity (Wildman–Crippen MR) is 106 cm³/mol. The Morgan fingerprint density at radius 3 is 2.61 bits per heavy atom. The van der Waals surface area contributed by atoms with Crippen molar-refractivity contribution in [1.82, 2.24) is 5.32 Å². The van der Waals surface area contributed by atoms with Crippen LogP contribution in [-0.2, 0) is 14.4 Å². The van der Waals surface area contributed by atoms with Crippen LogP contribution in [0.5, 0.6) is 0 Å². The van der Waals surface area contributed by atoms with Crippen molar-refractivity contribution >= 4 is 34.9 Å². The summed E-state index contributed by atoms with van der Waals surface area (Å²) >= 11 is 0. The number of carbonyl (C=O) groups excluding carboxylic acids is 2. The van der Waals surface area contributed by atoms with Crippen LogP contribution in [0.3, 0.4) is 0 Å². The van der Waals surface area contributed by atoms with E-state index in [1.54, 1.807) is 7.05 Å². The fourth-order valence-electron chi connectivity index (χ4n) is 3.97. The minimum absolute atomic E-state index is 0.209. The van der Waals surface area contributed by atoms with E-state index >= 15 is 0 Å². The SMILES string of the molecule is CNc1cc(N2CCC(CC(=O)O)CC2)ccc1C(=N)[C@@H]1CCC(=O)NC1=O. The van der Waals surface area contributed by atoms with Gasteiger partial charge in [-0.25, -0.2) is 0 Å². The van der Waals surface area contributed by atoms with E-state index in [1.165, 1.54) is 0 Å². The average Bonchev–Trinajstić information content (AvgIpc) is 2.67. The van der Waals surface area contributed by atoms with E-state index in [0.717, 1.165) is 37.3 Å². The molecule has 2 aliphatic heterocycles. The van der Waals surface area contributed by atoms with Crippen LogP contribution in [-0.4, -0.2) is 48.7 Å². The normalized spacial score (nSPS) is 20.6. The number of anilines is 2. The van der Waals surface area contributed by atoms with Crippen molar-refractivity contribution in [1.29, 1.82) is 5.41 Å². The summed E-state index contributed by atoms with van der Waals surface area (Å²) in [5, 5.41) is 22.9. The minimum Gasteiger partial charge on any atom is -0.481 e. The first-order valence-electron chi connectivity index (χ1n) is 9.60. The molecule has 1 aromatic carbocycles. The molecular weight excluding hydrogens is 360 g/mol. The molecule has 8 nitrogen and oxygen atoms in total. The summed E-state index contributed by atoms with van der Waals surface area (Å²) in [6.07, 6.45) is 2.50. The Morgan fingerprint density at radius 1 is 1.29 bits per heavy atom. The highest BCUT2D eigenvalue weighted by molar-refractivity contribution is 6.17. The van der Waals surface area contributed by atoms with E-state index in [0.29, 0.717) is 12.0 Å². The number of hydrogen-bond acceptors (Lipinski definition) is 6. The molecule has 1 aromatic rings. The van der Waals surface area contributed by atoms with Gasteiger partial charge >= 0.3 is 5.97 Å². The fourth-order valence-corrected chi connectivity index (χ4v) is 3.97. The first-order valence-corrected chi connectivity index (χ1v) is 9.60. The van der Waals surface area contributed by atoms with Gasteiger partial charge in [-0.15, -0.1) is 0 Å². The lowest BCUT2D eigenvalue weighted by Gasteiger charge is -2.33. The Bertz CT molecular complexity index is 799. The molecular formula is C20H26N4O4. The lowest BCUT2D eigenvalue weighted by Crippen LogP contribution is -2.44. The second-order valence-corrected chi connectivity index (χ2v) is 7.43. The maximum Gasteiger partial charge on any atom is 0.303 e. The van der Waals surface area contributed by atoms with Crippen LogP contribution in [0.2, 0.25) is 0 Å². The van der Waals surface area contributed by atoms with Crippen LogP contribution in [0.25, 0.3) is 0 Å². The zero-order chi connectivity index (χ0) is 20.3. The monoisotopic (exact) mass is 386 g/mol. The third-order valence-electron chi connectivity index (χ3n) is 5.59. The number of carboxylic acid groups (broad SMARTS) is 1. The molecule has 2 amide bonds. The summed E-state index contributed by atoms with van der Waals surface area (Å²) in [6.45, 7) is 1.59. The number of hydrogen-bond donors (Lipinski definition) is 4. The van der Waals surface area contributed by atoms with Gasteiger partial charge in [-0.05, 0) is 43.4 Å². The fraction of sp³-hybridized carbons (Fsp3) is 0.500. The second kappa shape index (κ2) is 8.41. The molecule has 0 bridgehead atoms. The molecule has 1 atom stereocenters. The van der Waals surface area contributed by atoms with Crippen LogP contribution >= 0.6 is 0 Å². The summed E-state index contributed by atoms with van der Waals surface area (Å²) < 4.78 is 0. The Balaban J connectivity index is 1.72. The summed E-state index contributed by atoms with van der Waals surface area (Å²) in [5.41, 5.74) is 2.64. The van der Waals surface area contributed by atoms with E-state index < -0.39 is 17.8 Å². The first kappa shape index (κ1) is 19.9. The number of aliphatic carboxylic acids is 1. The quantitative estimate of drug-likeness (QED) is 0.437. The molecule has 150 valence electrons. The van der Waals surface area contributed by atoms with Gasteiger partial charge in [-0.1, -0.05) is 0 Å². The number of amides is 2. The van der Waals surface area contributed by atoms with E-state index in [2.05, 4.69) is 15.5 Å². The number of rotatable bonds is 6.